The molecule has 3 saturated heterocycles. The van der Waals surface area contributed by atoms with Gasteiger partial charge in [-0.2, -0.15) is 0 Å². The highest BCUT2D eigenvalue weighted by Gasteiger charge is 2.87. The van der Waals surface area contributed by atoms with E-state index in [1.54, 1.807) is 16.9 Å². The molecule has 0 saturated carbocycles. The van der Waals surface area contributed by atoms with E-state index in [1.807, 2.05) is 66.7 Å². The monoisotopic (exact) mass is 386 g/mol. The molecule has 0 unspecified atom stereocenters. The number of ether oxygens (including phenoxy) is 2. The number of amides is 2. The molecule has 5 heterocycles. The van der Waals surface area contributed by atoms with Crippen molar-refractivity contribution in [2.24, 2.45) is 0 Å². The summed E-state index contributed by atoms with van der Waals surface area (Å²) in [6.07, 6.45) is 4.43. The first kappa shape index (κ1) is 15.9. The Bertz CT molecular complexity index is 1150. The van der Waals surface area contributed by atoms with Crippen LogP contribution in [0.15, 0.2) is 66.7 Å². The Balaban J connectivity index is 1.56. The molecule has 5 aliphatic heterocycles. The van der Waals surface area contributed by atoms with Gasteiger partial charge < -0.3 is 9.47 Å². The molecule has 6 nitrogen and oxygen atoms in total. The largest absolute Gasteiger partial charge is 0.372 e. The fraction of sp³-hybridized carbons (Fsp3) is 0.304. The van der Waals surface area contributed by atoms with Crippen LogP contribution in [0, 0.1) is 0 Å². The van der Waals surface area contributed by atoms with Gasteiger partial charge in [-0.3, -0.25) is 19.4 Å². The Kier molecular flexibility index (Phi) is 2.53. The van der Waals surface area contributed by atoms with Gasteiger partial charge in [0.1, 0.15) is 17.3 Å². The van der Waals surface area contributed by atoms with Gasteiger partial charge in [0, 0.05) is 19.1 Å². The van der Waals surface area contributed by atoms with Gasteiger partial charge in [-0.1, -0.05) is 54.6 Å². The zero-order chi connectivity index (χ0) is 19.6. The first-order valence-corrected chi connectivity index (χ1v) is 9.85. The number of benzene rings is 2. The van der Waals surface area contributed by atoms with E-state index in [0.717, 1.165) is 16.8 Å². The third-order valence-electron chi connectivity index (χ3n) is 7.44. The van der Waals surface area contributed by atoms with Crippen molar-refractivity contribution in [3.05, 3.63) is 77.9 Å². The maximum Gasteiger partial charge on any atom is 0.318 e. The van der Waals surface area contributed by atoms with E-state index in [0.29, 0.717) is 6.42 Å². The highest BCUT2D eigenvalue weighted by Crippen LogP contribution is 2.75. The highest BCUT2D eigenvalue weighted by atomic mass is 16.6. The van der Waals surface area contributed by atoms with Crippen LogP contribution in [0.1, 0.15) is 29.7 Å². The van der Waals surface area contributed by atoms with Crippen LogP contribution in [0.25, 0.3) is 0 Å². The van der Waals surface area contributed by atoms with E-state index in [9.17, 15) is 9.59 Å². The molecule has 6 aliphatic rings. The minimum atomic E-state index is -0.957. The third-order valence-corrected chi connectivity index (χ3v) is 7.44. The second-order valence-electron chi connectivity index (χ2n) is 8.47. The molecule has 3 fully saturated rings. The standard InChI is InChI=1S/C23H18N2O4/c1-28-21-11-12-23-22(13-21)18(29-22)15-9-5-6-10-16(15)24(23)19(26)20(27)25(23)17(21)14-7-3-2-4-8-14/h2-12,17-18H,13H2,1H3/t17-,18-,21-,22-,23-/m0/s1. The number of fused-ring (bicyclic) bond motifs is 3. The zero-order valence-electron chi connectivity index (χ0n) is 15.7. The van der Waals surface area contributed by atoms with E-state index in [4.69, 9.17) is 9.47 Å². The summed E-state index contributed by atoms with van der Waals surface area (Å²) in [6, 6.07) is 17.2. The lowest BCUT2D eigenvalue weighted by Gasteiger charge is -2.62. The molecule has 5 atom stereocenters. The minimum absolute atomic E-state index is 0.160. The molecular weight excluding hydrogens is 368 g/mol. The Morgan fingerprint density at radius 3 is 2.55 bits per heavy atom. The molecule has 29 heavy (non-hydrogen) atoms. The molecule has 0 radical (unpaired) electrons. The molecule has 144 valence electrons. The number of methoxy groups -OCH3 is 1. The van der Waals surface area contributed by atoms with Gasteiger partial charge in [0.25, 0.3) is 0 Å². The van der Waals surface area contributed by atoms with Crippen LogP contribution in [0.5, 0.6) is 0 Å². The van der Waals surface area contributed by atoms with E-state index in [2.05, 4.69) is 0 Å². The topological polar surface area (TPSA) is 62.4 Å². The van der Waals surface area contributed by atoms with Crippen molar-refractivity contribution in [2.45, 2.75) is 35.4 Å². The Hall–Kier alpha value is -2.96. The molecule has 2 bridgehead atoms. The average Bonchev–Trinajstić information content (AvgIpc) is 3.44. The number of hydrogen-bond donors (Lipinski definition) is 0. The van der Waals surface area contributed by atoms with Crippen LogP contribution in [0.3, 0.4) is 0 Å². The van der Waals surface area contributed by atoms with Crippen molar-refractivity contribution >= 4 is 17.5 Å². The van der Waals surface area contributed by atoms with Crippen LogP contribution in [-0.2, 0) is 19.1 Å². The summed E-state index contributed by atoms with van der Waals surface area (Å²) in [5, 5.41) is 0. The number of hydrogen-bond acceptors (Lipinski definition) is 4. The summed E-state index contributed by atoms with van der Waals surface area (Å²) >= 11 is 0. The summed E-state index contributed by atoms with van der Waals surface area (Å²) in [5.41, 5.74) is 0.280. The number of nitrogens with zero attached hydrogens (tertiary/aromatic N) is 2. The first-order chi connectivity index (χ1) is 14.1. The first-order valence-electron chi connectivity index (χ1n) is 9.85. The van der Waals surface area contributed by atoms with Gasteiger partial charge in [-0.15, -0.1) is 0 Å². The second-order valence-corrected chi connectivity index (χ2v) is 8.47. The Labute approximate surface area is 167 Å². The third kappa shape index (κ3) is 1.44. The molecule has 8 rings (SSSR count). The van der Waals surface area contributed by atoms with Crippen LogP contribution >= 0.6 is 0 Å². The quantitative estimate of drug-likeness (QED) is 0.452. The van der Waals surface area contributed by atoms with Gasteiger partial charge in [0.2, 0.25) is 0 Å². The second kappa shape index (κ2) is 4.61. The van der Waals surface area contributed by atoms with Crippen LogP contribution < -0.4 is 4.90 Å². The fourth-order valence-corrected chi connectivity index (χ4v) is 6.31. The van der Waals surface area contributed by atoms with Gasteiger partial charge >= 0.3 is 11.8 Å². The van der Waals surface area contributed by atoms with Crippen molar-refractivity contribution in [3.63, 3.8) is 0 Å². The fourth-order valence-electron chi connectivity index (χ4n) is 6.31. The van der Waals surface area contributed by atoms with E-state index in [1.165, 1.54) is 0 Å². The maximum absolute atomic E-state index is 13.5. The molecule has 2 spiro atoms. The molecule has 2 aromatic carbocycles. The van der Waals surface area contributed by atoms with E-state index >= 15 is 0 Å². The smallest absolute Gasteiger partial charge is 0.318 e. The summed E-state index contributed by atoms with van der Waals surface area (Å²) in [7, 11) is 1.67. The number of anilines is 1. The molecule has 0 aromatic heterocycles. The summed E-state index contributed by atoms with van der Waals surface area (Å²) < 4.78 is 12.5. The minimum Gasteiger partial charge on any atom is -0.372 e. The SMILES string of the molecule is CO[C@]12C=C[C@]34N(C(=O)C(=O)N3[C@H]1c1ccccc1)c1ccccc1[C@@H]1O[C@@]14C2. The van der Waals surface area contributed by atoms with E-state index < -0.39 is 34.7 Å². The predicted molar refractivity (Wildman–Crippen MR) is 103 cm³/mol. The van der Waals surface area contributed by atoms with Gasteiger partial charge in [0.05, 0.1) is 11.7 Å². The highest BCUT2D eigenvalue weighted by molar-refractivity contribution is 6.44. The van der Waals surface area contributed by atoms with Crippen LogP contribution in [-0.4, -0.2) is 40.7 Å². The number of carbonyl (C=O) groups is 2. The number of rotatable bonds is 2. The zero-order valence-corrected chi connectivity index (χ0v) is 15.7. The normalized spacial score (nSPS) is 40.0. The lowest BCUT2D eigenvalue weighted by atomic mass is 9.62. The molecule has 1 aliphatic carbocycles. The lowest BCUT2D eigenvalue weighted by molar-refractivity contribution is -0.170. The van der Waals surface area contributed by atoms with E-state index in [-0.39, 0.29) is 6.10 Å². The summed E-state index contributed by atoms with van der Waals surface area (Å²) in [4.78, 5) is 30.2. The number of carbonyl (C=O) groups excluding carboxylic acids is 2. The molecule has 2 amide bonds. The Morgan fingerprint density at radius 2 is 1.76 bits per heavy atom. The molecule has 0 N–H and O–H groups in total. The summed E-state index contributed by atoms with van der Waals surface area (Å²) in [6.45, 7) is 0. The molecule has 2 aromatic rings. The van der Waals surface area contributed by atoms with Crippen molar-refractivity contribution in [2.75, 3.05) is 12.0 Å². The van der Waals surface area contributed by atoms with Gasteiger partial charge in [-0.05, 0) is 17.7 Å². The van der Waals surface area contributed by atoms with Crippen molar-refractivity contribution in [1.29, 1.82) is 0 Å². The number of epoxide rings is 1. The molecule has 6 heteroatoms. The Morgan fingerprint density at radius 1 is 1.00 bits per heavy atom. The molecular formula is C23H18N2O4. The summed E-state index contributed by atoms with van der Waals surface area (Å²) in [5.74, 6) is -1.01. The number of para-hydroxylation sites is 1. The van der Waals surface area contributed by atoms with Crippen LogP contribution in [0.4, 0.5) is 5.69 Å². The average molecular weight is 386 g/mol. The predicted octanol–water partition coefficient (Wildman–Crippen LogP) is 2.48. The van der Waals surface area contributed by atoms with Crippen LogP contribution in [0.2, 0.25) is 0 Å². The van der Waals surface area contributed by atoms with Crippen molar-refractivity contribution < 1.29 is 19.1 Å². The lowest BCUT2D eigenvalue weighted by Crippen LogP contribution is -2.75. The van der Waals surface area contributed by atoms with Crippen molar-refractivity contribution in [3.8, 4) is 0 Å². The van der Waals surface area contributed by atoms with Gasteiger partial charge in [-0.25, -0.2) is 0 Å². The van der Waals surface area contributed by atoms with Crippen molar-refractivity contribution in [1.82, 2.24) is 4.90 Å². The van der Waals surface area contributed by atoms with Gasteiger partial charge in [0.15, 0.2) is 5.66 Å². The maximum atomic E-state index is 13.5. The number of piperidine rings is 1.